The van der Waals surface area contributed by atoms with Crippen LogP contribution < -0.4 is 4.57 Å². The van der Waals surface area contributed by atoms with E-state index in [-0.39, 0.29) is 0 Å². The number of aryl methyl sites for hydroxylation is 2. The number of nitrogens with zero attached hydrogens (tertiary/aromatic N) is 1. The van der Waals surface area contributed by atoms with E-state index < -0.39 is 9.39 Å². The molecule has 1 aromatic rings. The van der Waals surface area contributed by atoms with Crippen molar-refractivity contribution in [1.29, 1.82) is 0 Å². The summed E-state index contributed by atoms with van der Waals surface area (Å²) in [4.78, 5) is 3.12. The zero-order valence-corrected chi connectivity index (χ0v) is 11.6. The zero-order valence-electron chi connectivity index (χ0n) is 7.40. The molecular weight excluding hydrogens is 269 g/mol. The summed E-state index contributed by atoms with van der Waals surface area (Å²) in [5, 5.41) is 0. The maximum Gasteiger partial charge on any atom is 0.564 e. The van der Waals surface area contributed by atoms with Crippen LogP contribution in [0.5, 0.6) is 0 Å². The lowest BCUT2D eigenvalue weighted by atomic mass is 10.5. The van der Waals surface area contributed by atoms with E-state index in [1.807, 2.05) is 19.4 Å². The summed E-state index contributed by atoms with van der Waals surface area (Å²) in [7, 11) is 19.1. The molecule has 76 valence electrons. The SMILES string of the molecule is CCc1[nH]cc[n+]1C.[Cl][Al-]([Cl])([Cl])[Cl]. The van der Waals surface area contributed by atoms with E-state index in [1.165, 1.54) is 5.82 Å². The highest BCUT2D eigenvalue weighted by atomic mass is 35.9. The van der Waals surface area contributed by atoms with E-state index in [4.69, 9.17) is 40.2 Å². The van der Waals surface area contributed by atoms with Crippen LogP contribution in [-0.4, -0.2) is 14.4 Å². The van der Waals surface area contributed by atoms with E-state index >= 15 is 0 Å². The molecule has 7 heteroatoms. The van der Waals surface area contributed by atoms with Crippen molar-refractivity contribution in [3.8, 4) is 0 Å². The second-order valence-corrected chi connectivity index (χ2v) is 15.2. The van der Waals surface area contributed by atoms with Gasteiger partial charge in [-0.05, 0) is 0 Å². The molecule has 0 amide bonds. The molecule has 0 aromatic carbocycles. The molecule has 1 rings (SSSR count). The van der Waals surface area contributed by atoms with E-state index in [0.29, 0.717) is 0 Å². The maximum absolute atomic E-state index is 4.99. The number of nitrogens with one attached hydrogen (secondary N) is 1. The molecule has 1 N–H and O–H groups in total. The number of halogens is 4. The Kier molecular flexibility index (Phi) is 6.84. The third-order valence-electron chi connectivity index (χ3n) is 1.31. The lowest BCUT2D eigenvalue weighted by Crippen LogP contribution is -2.29. The van der Waals surface area contributed by atoms with Gasteiger partial charge in [0.2, 0.25) is 0 Å². The van der Waals surface area contributed by atoms with Crippen molar-refractivity contribution in [3.63, 3.8) is 0 Å². The van der Waals surface area contributed by atoms with Gasteiger partial charge in [-0.3, -0.25) is 0 Å². The predicted octanol–water partition coefficient (Wildman–Crippen LogP) is 2.78. The van der Waals surface area contributed by atoms with Gasteiger partial charge in [0.1, 0.15) is 12.4 Å². The first-order chi connectivity index (χ1) is 5.84. The van der Waals surface area contributed by atoms with E-state index in [0.717, 1.165) is 6.42 Å². The topological polar surface area (TPSA) is 19.7 Å². The van der Waals surface area contributed by atoms with Gasteiger partial charge >= 0.3 is 9.39 Å². The molecule has 1 aromatic heterocycles. The molecule has 0 saturated heterocycles. The van der Waals surface area contributed by atoms with Crippen molar-refractivity contribution in [2.75, 3.05) is 0 Å². The van der Waals surface area contributed by atoms with Crippen LogP contribution in [0.25, 0.3) is 0 Å². The first kappa shape index (κ1) is 13.9. The Hall–Kier alpha value is 0.902. The van der Waals surface area contributed by atoms with Gasteiger partial charge in [0.25, 0.3) is 5.82 Å². The monoisotopic (exact) mass is 278 g/mol. The normalized spacial score (nSPS) is 10.6. The molecule has 0 spiro atoms. The Labute approximate surface area is 97.3 Å². The number of imidazole rings is 1. The highest BCUT2D eigenvalue weighted by molar-refractivity contribution is 7.81. The first-order valence-corrected chi connectivity index (χ1v) is 10.7. The summed E-state index contributed by atoms with van der Waals surface area (Å²) < 4.78 is 2.08. The smallest absolute Gasteiger partial charge is 0.391 e. The second-order valence-electron chi connectivity index (χ2n) is 2.37. The van der Waals surface area contributed by atoms with Crippen LogP contribution in [0.1, 0.15) is 12.7 Å². The lowest BCUT2D eigenvalue weighted by molar-refractivity contribution is -0.677. The molecule has 1 heterocycles. The average molecular weight is 280 g/mol. The van der Waals surface area contributed by atoms with Crippen molar-refractivity contribution < 1.29 is 4.57 Å². The van der Waals surface area contributed by atoms with Crippen LogP contribution in [0.3, 0.4) is 0 Å². The zero-order chi connectivity index (χ0) is 10.5. The lowest BCUT2D eigenvalue weighted by Gasteiger charge is -1.97. The summed E-state index contributed by atoms with van der Waals surface area (Å²) in [6, 6.07) is 0. The molecule has 0 radical (unpaired) electrons. The minimum atomic E-state index is -2.94. The summed E-state index contributed by atoms with van der Waals surface area (Å²) in [5.74, 6) is 1.27. The summed E-state index contributed by atoms with van der Waals surface area (Å²) >= 11 is 0. The van der Waals surface area contributed by atoms with Gasteiger partial charge in [0.15, 0.2) is 0 Å². The molecule has 13 heavy (non-hydrogen) atoms. The van der Waals surface area contributed by atoms with Crippen molar-refractivity contribution in [2.24, 2.45) is 7.05 Å². The minimum Gasteiger partial charge on any atom is -0.391 e. The number of hydrogen-bond donors (Lipinski definition) is 1. The summed E-state index contributed by atoms with van der Waals surface area (Å²) in [6.07, 6.45) is 5.03. The molecule has 0 unspecified atom stereocenters. The molecule has 0 aliphatic carbocycles. The van der Waals surface area contributed by atoms with Crippen molar-refractivity contribution in [2.45, 2.75) is 13.3 Å². The Bertz CT molecular complexity index is 239. The van der Waals surface area contributed by atoms with Gasteiger partial charge in [0, 0.05) is 6.42 Å². The third-order valence-corrected chi connectivity index (χ3v) is 1.31. The Morgan fingerprint density at radius 2 is 1.85 bits per heavy atom. The summed E-state index contributed by atoms with van der Waals surface area (Å²) in [6.45, 7) is 2.13. The Morgan fingerprint density at radius 3 is 2.00 bits per heavy atom. The van der Waals surface area contributed by atoms with Gasteiger partial charge in [-0.2, -0.15) is 0 Å². The number of aromatic nitrogens is 2. The first-order valence-electron chi connectivity index (χ1n) is 3.73. The van der Waals surface area contributed by atoms with E-state index in [1.54, 1.807) is 0 Å². The van der Waals surface area contributed by atoms with Gasteiger partial charge < -0.3 is 40.2 Å². The second kappa shape index (κ2) is 6.40. The quantitative estimate of drug-likeness (QED) is 0.603. The molecule has 2 nitrogen and oxygen atoms in total. The number of hydrogen-bond acceptors (Lipinski definition) is 0. The largest absolute Gasteiger partial charge is 0.564 e. The van der Waals surface area contributed by atoms with Crippen LogP contribution >= 0.6 is 40.2 Å². The fourth-order valence-electron chi connectivity index (χ4n) is 0.789. The van der Waals surface area contributed by atoms with Gasteiger partial charge in [-0.25, -0.2) is 9.55 Å². The fourth-order valence-corrected chi connectivity index (χ4v) is 0.789. The van der Waals surface area contributed by atoms with E-state index in [9.17, 15) is 0 Å². The predicted molar refractivity (Wildman–Crippen MR) is 60.5 cm³/mol. The Balaban J connectivity index is 0.000000252. The molecule has 0 bridgehead atoms. The standard InChI is InChI=1S/C6H10N2.Al.4ClH/c1-3-6-7-4-5-8(6)2;;;;;/h4-5H,3H2,1-2H3;;4*1H/q;+3;;;;/p-3. The van der Waals surface area contributed by atoms with Crippen LogP contribution in [0, 0.1) is 0 Å². The molecule has 0 saturated carbocycles. The molecule has 0 atom stereocenters. The third kappa shape index (κ3) is 9.21. The minimum absolute atomic E-state index is 1.07. The van der Waals surface area contributed by atoms with Crippen LogP contribution in [0.15, 0.2) is 12.4 Å². The van der Waals surface area contributed by atoms with Crippen LogP contribution in [0.4, 0.5) is 0 Å². The van der Waals surface area contributed by atoms with Gasteiger partial charge in [-0.15, -0.1) is 0 Å². The van der Waals surface area contributed by atoms with Crippen molar-refractivity contribution in [1.82, 2.24) is 4.98 Å². The van der Waals surface area contributed by atoms with Crippen LogP contribution in [-0.2, 0) is 13.5 Å². The highest BCUT2D eigenvalue weighted by Crippen LogP contribution is 2.23. The average Bonchev–Trinajstić information content (AvgIpc) is 2.31. The maximum atomic E-state index is 4.99. The van der Waals surface area contributed by atoms with Gasteiger partial charge in [0.05, 0.1) is 7.05 Å². The van der Waals surface area contributed by atoms with E-state index in [2.05, 4.69) is 16.5 Å². The molecule has 0 aliphatic rings. The molecule has 0 fully saturated rings. The highest BCUT2D eigenvalue weighted by Gasteiger charge is 2.14. The van der Waals surface area contributed by atoms with Gasteiger partial charge in [-0.1, -0.05) is 6.92 Å². The molecule has 0 aliphatic heterocycles. The number of rotatable bonds is 1. The van der Waals surface area contributed by atoms with Crippen molar-refractivity contribution >= 4 is 49.6 Å². The number of H-pyrrole nitrogens is 1. The van der Waals surface area contributed by atoms with Crippen LogP contribution in [0.2, 0.25) is 0 Å². The molecular formula is C6H11AlCl4N2. The fraction of sp³-hybridized carbons (Fsp3) is 0.500. The summed E-state index contributed by atoms with van der Waals surface area (Å²) in [5.41, 5.74) is 0. The van der Waals surface area contributed by atoms with Crippen molar-refractivity contribution in [3.05, 3.63) is 18.2 Å². The number of aromatic amines is 1. The Morgan fingerprint density at radius 1 is 1.38 bits per heavy atom.